The predicted molar refractivity (Wildman–Crippen MR) is 79.8 cm³/mol. The Bertz CT molecular complexity index is 450. The molecule has 1 saturated carbocycles. The molecule has 1 aliphatic carbocycles. The van der Waals surface area contributed by atoms with E-state index in [0.29, 0.717) is 6.42 Å². The molecule has 1 aromatic rings. The molecule has 0 heterocycles. The first-order valence-electron chi connectivity index (χ1n) is 7.16. The van der Waals surface area contributed by atoms with Crippen molar-refractivity contribution in [1.82, 2.24) is 10.2 Å². The summed E-state index contributed by atoms with van der Waals surface area (Å²) in [5.74, 6) is 0.983. The molecule has 1 aromatic carbocycles. The summed E-state index contributed by atoms with van der Waals surface area (Å²) in [7, 11) is 5.63. The number of nitrogens with zero attached hydrogens (tertiary/aromatic N) is 1. The second-order valence-corrected chi connectivity index (χ2v) is 5.77. The van der Waals surface area contributed by atoms with E-state index in [4.69, 9.17) is 4.74 Å². The van der Waals surface area contributed by atoms with Crippen LogP contribution in [0.1, 0.15) is 31.2 Å². The molecule has 1 amide bonds. The van der Waals surface area contributed by atoms with E-state index in [2.05, 4.69) is 17.4 Å². The summed E-state index contributed by atoms with van der Waals surface area (Å²) in [4.78, 5) is 14.1. The molecule has 0 spiro atoms. The Kier molecular flexibility index (Phi) is 4.65. The third-order valence-electron chi connectivity index (χ3n) is 4.01. The van der Waals surface area contributed by atoms with Crippen LogP contribution in [0.25, 0.3) is 0 Å². The normalized spacial score (nSPS) is 16.6. The van der Waals surface area contributed by atoms with Gasteiger partial charge in [-0.05, 0) is 51.1 Å². The van der Waals surface area contributed by atoms with Crippen molar-refractivity contribution < 1.29 is 9.53 Å². The standard InChI is InChI=1S/C16H24N2O2/c1-18(2)12-9-15(19)17-16(10-4-11-16)13-5-7-14(20-3)8-6-13/h5-8H,4,9-12H2,1-3H3,(H,17,19). The van der Waals surface area contributed by atoms with Gasteiger partial charge in [0, 0.05) is 13.0 Å². The van der Waals surface area contributed by atoms with Gasteiger partial charge in [0.25, 0.3) is 0 Å². The Hall–Kier alpha value is -1.55. The van der Waals surface area contributed by atoms with Crippen molar-refractivity contribution in [1.29, 1.82) is 0 Å². The summed E-state index contributed by atoms with van der Waals surface area (Å²) >= 11 is 0. The van der Waals surface area contributed by atoms with Gasteiger partial charge in [-0.15, -0.1) is 0 Å². The van der Waals surface area contributed by atoms with Crippen LogP contribution in [-0.4, -0.2) is 38.6 Å². The Labute approximate surface area is 121 Å². The summed E-state index contributed by atoms with van der Waals surface area (Å²) in [6.45, 7) is 0.782. The Balaban J connectivity index is 2.03. The van der Waals surface area contributed by atoms with Crippen molar-refractivity contribution in [2.75, 3.05) is 27.7 Å². The maximum absolute atomic E-state index is 12.1. The summed E-state index contributed by atoms with van der Waals surface area (Å²) in [6, 6.07) is 8.04. The monoisotopic (exact) mass is 276 g/mol. The number of amides is 1. The highest BCUT2D eigenvalue weighted by Gasteiger charge is 2.39. The Morgan fingerprint density at radius 1 is 1.30 bits per heavy atom. The number of hydrogen-bond donors (Lipinski definition) is 1. The fourth-order valence-electron chi connectivity index (χ4n) is 2.58. The number of methoxy groups -OCH3 is 1. The van der Waals surface area contributed by atoms with Gasteiger partial charge in [0.15, 0.2) is 0 Å². The fraction of sp³-hybridized carbons (Fsp3) is 0.562. The van der Waals surface area contributed by atoms with Crippen LogP contribution in [0.2, 0.25) is 0 Å². The molecule has 1 aliphatic rings. The molecule has 0 saturated heterocycles. The number of rotatable bonds is 6. The lowest BCUT2D eigenvalue weighted by atomic mass is 9.71. The van der Waals surface area contributed by atoms with Crippen molar-refractivity contribution in [3.8, 4) is 5.75 Å². The zero-order valence-electron chi connectivity index (χ0n) is 12.6. The largest absolute Gasteiger partial charge is 0.497 e. The van der Waals surface area contributed by atoms with Crippen LogP contribution in [0.3, 0.4) is 0 Å². The topological polar surface area (TPSA) is 41.6 Å². The molecule has 2 rings (SSSR count). The number of hydrogen-bond acceptors (Lipinski definition) is 3. The van der Waals surface area contributed by atoms with Gasteiger partial charge in [0.1, 0.15) is 5.75 Å². The van der Waals surface area contributed by atoms with Crippen molar-refractivity contribution in [3.05, 3.63) is 29.8 Å². The summed E-state index contributed by atoms with van der Waals surface area (Å²) in [5, 5.41) is 3.23. The summed E-state index contributed by atoms with van der Waals surface area (Å²) in [5.41, 5.74) is 1.03. The molecule has 110 valence electrons. The smallest absolute Gasteiger partial charge is 0.221 e. The second kappa shape index (κ2) is 6.27. The van der Waals surface area contributed by atoms with E-state index >= 15 is 0 Å². The summed E-state index contributed by atoms with van der Waals surface area (Å²) in [6.07, 6.45) is 3.75. The quantitative estimate of drug-likeness (QED) is 0.865. The van der Waals surface area contributed by atoms with E-state index < -0.39 is 0 Å². The lowest BCUT2D eigenvalue weighted by Gasteiger charge is -2.43. The molecule has 1 fully saturated rings. The van der Waals surface area contributed by atoms with E-state index in [1.54, 1.807) is 7.11 Å². The minimum Gasteiger partial charge on any atom is -0.497 e. The Morgan fingerprint density at radius 3 is 2.40 bits per heavy atom. The molecule has 0 radical (unpaired) electrons. The van der Waals surface area contributed by atoms with Gasteiger partial charge in [-0.2, -0.15) is 0 Å². The molecule has 1 N–H and O–H groups in total. The number of ether oxygens (including phenoxy) is 1. The number of carbonyl (C=O) groups excluding carboxylic acids is 1. The van der Waals surface area contributed by atoms with E-state index in [0.717, 1.165) is 25.1 Å². The van der Waals surface area contributed by atoms with Crippen LogP contribution in [-0.2, 0) is 10.3 Å². The zero-order chi connectivity index (χ0) is 14.6. The van der Waals surface area contributed by atoms with Gasteiger partial charge in [-0.1, -0.05) is 12.1 Å². The highest BCUT2D eigenvalue weighted by Crippen LogP contribution is 2.41. The van der Waals surface area contributed by atoms with Crippen molar-refractivity contribution in [2.45, 2.75) is 31.2 Å². The highest BCUT2D eigenvalue weighted by atomic mass is 16.5. The van der Waals surface area contributed by atoms with Gasteiger partial charge >= 0.3 is 0 Å². The van der Waals surface area contributed by atoms with Crippen molar-refractivity contribution >= 4 is 5.91 Å². The maximum atomic E-state index is 12.1. The first-order valence-corrected chi connectivity index (χ1v) is 7.16. The van der Waals surface area contributed by atoms with Crippen LogP contribution in [0.5, 0.6) is 5.75 Å². The zero-order valence-corrected chi connectivity index (χ0v) is 12.6. The van der Waals surface area contributed by atoms with E-state index in [1.165, 1.54) is 12.0 Å². The van der Waals surface area contributed by atoms with E-state index in [1.807, 2.05) is 31.1 Å². The van der Waals surface area contributed by atoms with Gasteiger partial charge in [-0.25, -0.2) is 0 Å². The van der Waals surface area contributed by atoms with Crippen LogP contribution in [0.4, 0.5) is 0 Å². The molecule has 20 heavy (non-hydrogen) atoms. The third-order valence-corrected chi connectivity index (χ3v) is 4.01. The van der Waals surface area contributed by atoms with Gasteiger partial charge in [-0.3, -0.25) is 4.79 Å². The number of carbonyl (C=O) groups is 1. The SMILES string of the molecule is COc1ccc(C2(NC(=O)CCN(C)C)CCC2)cc1. The average Bonchev–Trinajstić information content (AvgIpc) is 2.41. The molecule has 0 aliphatic heterocycles. The molecule has 0 bridgehead atoms. The minimum atomic E-state index is -0.157. The van der Waals surface area contributed by atoms with Crippen LogP contribution < -0.4 is 10.1 Å². The van der Waals surface area contributed by atoms with E-state index in [9.17, 15) is 4.79 Å². The maximum Gasteiger partial charge on any atom is 0.221 e. The average molecular weight is 276 g/mol. The second-order valence-electron chi connectivity index (χ2n) is 5.77. The van der Waals surface area contributed by atoms with Crippen molar-refractivity contribution in [2.24, 2.45) is 0 Å². The molecular weight excluding hydrogens is 252 g/mol. The first kappa shape index (κ1) is 14.9. The van der Waals surface area contributed by atoms with Crippen LogP contribution in [0.15, 0.2) is 24.3 Å². The molecule has 4 nitrogen and oxygen atoms in total. The fourth-order valence-corrected chi connectivity index (χ4v) is 2.58. The van der Waals surface area contributed by atoms with Crippen LogP contribution >= 0.6 is 0 Å². The van der Waals surface area contributed by atoms with E-state index in [-0.39, 0.29) is 11.4 Å². The molecule has 4 heteroatoms. The summed E-state index contributed by atoms with van der Waals surface area (Å²) < 4.78 is 5.19. The first-order chi connectivity index (χ1) is 9.55. The Morgan fingerprint density at radius 2 is 1.95 bits per heavy atom. The predicted octanol–water partition coefficient (Wildman–Crippen LogP) is 2.14. The molecular formula is C16H24N2O2. The lowest BCUT2D eigenvalue weighted by molar-refractivity contribution is -0.124. The number of nitrogens with one attached hydrogen (secondary N) is 1. The minimum absolute atomic E-state index is 0.134. The molecule has 0 aromatic heterocycles. The molecule has 0 unspecified atom stereocenters. The number of benzene rings is 1. The van der Waals surface area contributed by atoms with Gasteiger partial charge in [0.05, 0.1) is 12.6 Å². The third kappa shape index (κ3) is 3.31. The van der Waals surface area contributed by atoms with Crippen molar-refractivity contribution in [3.63, 3.8) is 0 Å². The highest BCUT2D eigenvalue weighted by molar-refractivity contribution is 5.77. The molecule has 0 atom stereocenters. The van der Waals surface area contributed by atoms with Gasteiger partial charge in [0.2, 0.25) is 5.91 Å². The van der Waals surface area contributed by atoms with Crippen LogP contribution in [0, 0.1) is 0 Å². The van der Waals surface area contributed by atoms with Gasteiger partial charge < -0.3 is 15.0 Å². The lowest BCUT2D eigenvalue weighted by Crippen LogP contribution is -2.51.